The van der Waals surface area contributed by atoms with Crippen molar-refractivity contribution in [3.05, 3.63) is 188 Å². The summed E-state index contributed by atoms with van der Waals surface area (Å²) in [6.07, 6.45) is 0. The Morgan fingerprint density at radius 1 is 0.255 bits per heavy atom. The zero-order valence-corrected chi connectivity index (χ0v) is 27.7. The molecule has 3 heteroatoms. The first-order valence-corrected chi connectivity index (χ1v) is 17.2. The second-order valence-corrected chi connectivity index (χ2v) is 13.0. The van der Waals surface area contributed by atoms with Crippen LogP contribution < -0.4 is 4.90 Å². The fraction of sp³-hybridized carbons (Fsp3) is 0. The van der Waals surface area contributed by atoms with Gasteiger partial charge in [0, 0.05) is 38.6 Å². The number of hydrogen-bond acceptors (Lipinski definition) is 3. The van der Waals surface area contributed by atoms with E-state index in [4.69, 9.17) is 8.83 Å². The Kier molecular flexibility index (Phi) is 6.81. The van der Waals surface area contributed by atoms with Gasteiger partial charge in [-0.3, -0.25) is 0 Å². The predicted molar refractivity (Wildman–Crippen MR) is 212 cm³/mol. The van der Waals surface area contributed by atoms with Gasteiger partial charge in [0.2, 0.25) is 0 Å². The standard InChI is InChI=1S/C48H31NO2/c1-2-10-32(11-3-1)33-20-24-38(25-21-33)49(39-14-8-12-34(28-39)36-22-26-47-43(30-36)41-16-4-6-18-45(41)50-47)40-15-9-13-35(29-40)37-23-27-48-44(31-37)42-17-5-7-19-46(42)51-48/h1-31H. The van der Waals surface area contributed by atoms with Crippen LogP contribution in [0, 0.1) is 0 Å². The molecule has 10 rings (SSSR count). The molecule has 10 aromatic rings. The van der Waals surface area contributed by atoms with Gasteiger partial charge in [0.25, 0.3) is 0 Å². The van der Waals surface area contributed by atoms with Crippen molar-refractivity contribution in [1.29, 1.82) is 0 Å². The third-order valence-electron chi connectivity index (χ3n) is 9.86. The molecular weight excluding hydrogens is 623 g/mol. The van der Waals surface area contributed by atoms with Crippen LogP contribution >= 0.6 is 0 Å². The largest absolute Gasteiger partial charge is 0.456 e. The Morgan fingerprint density at radius 3 is 1.22 bits per heavy atom. The SMILES string of the molecule is c1ccc(-c2ccc(N(c3cccc(-c4ccc5oc6ccccc6c5c4)c3)c3cccc(-c4ccc5oc6ccccc6c5c4)c3)cc2)cc1. The van der Waals surface area contributed by atoms with Gasteiger partial charge < -0.3 is 13.7 Å². The number of anilines is 3. The van der Waals surface area contributed by atoms with Crippen LogP contribution in [0.3, 0.4) is 0 Å². The van der Waals surface area contributed by atoms with E-state index in [-0.39, 0.29) is 0 Å². The van der Waals surface area contributed by atoms with Crippen molar-refractivity contribution in [2.75, 3.05) is 4.90 Å². The topological polar surface area (TPSA) is 29.5 Å². The van der Waals surface area contributed by atoms with Crippen LogP contribution in [0.1, 0.15) is 0 Å². The van der Waals surface area contributed by atoms with Crippen molar-refractivity contribution in [3.8, 4) is 33.4 Å². The minimum Gasteiger partial charge on any atom is -0.456 e. The van der Waals surface area contributed by atoms with Crippen LogP contribution in [-0.2, 0) is 0 Å². The van der Waals surface area contributed by atoms with Gasteiger partial charge in [0.1, 0.15) is 22.3 Å². The van der Waals surface area contributed by atoms with Crippen LogP contribution in [0.2, 0.25) is 0 Å². The molecule has 2 aromatic heterocycles. The molecule has 0 aliphatic carbocycles. The highest BCUT2D eigenvalue weighted by Crippen LogP contribution is 2.41. The number of fused-ring (bicyclic) bond motifs is 6. The van der Waals surface area contributed by atoms with Crippen molar-refractivity contribution in [3.63, 3.8) is 0 Å². The van der Waals surface area contributed by atoms with Gasteiger partial charge in [-0.2, -0.15) is 0 Å². The molecule has 0 saturated heterocycles. The van der Waals surface area contributed by atoms with Crippen LogP contribution in [0.4, 0.5) is 17.1 Å². The number of para-hydroxylation sites is 2. The van der Waals surface area contributed by atoms with Gasteiger partial charge in [-0.15, -0.1) is 0 Å². The summed E-state index contributed by atoms with van der Waals surface area (Å²) in [5.74, 6) is 0. The van der Waals surface area contributed by atoms with E-state index in [1.807, 2.05) is 24.3 Å². The average molecular weight is 654 g/mol. The molecule has 0 atom stereocenters. The molecule has 240 valence electrons. The van der Waals surface area contributed by atoms with Gasteiger partial charge in [0.05, 0.1) is 0 Å². The molecule has 0 aliphatic rings. The molecule has 0 N–H and O–H groups in total. The lowest BCUT2D eigenvalue weighted by atomic mass is 10.00. The number of furan rings is 2. The van der Waals surface area contributed by atoms with E-state index in [0.717, 1.165) is 83.2 Å². The van der Waals surface area contributed by atoms with Gasteiger partial charge in [-0.1, -0.05) is 115 Å². The summed E-state index contributed by atoms with van der Waals surface area (Å²) in [4.78, 5) is 2.35. The van der Waals surface area contributed by atoms with E-state index in [9.17, 15) is 0 Å². The molecule has 2 heterocycles. The quantitative estimate of drug-likeness (QED) is 0.179. The zero-order valence-electron chi connectivity index (χ0n) is 27.7. The lowest BCUT2D eigenvalue weighted by Gasteiger charge is -2.27. The molecular formula is C48H31NO2. The minimum absolute atomic E-state index is 0.898. The molecule has 51 heavy (non-hydrogen) atoms. The highest BCUT2D eigenvalue weighted by molar-refractivity contribution is 6.07. The van der Waals surface area contributed by atoms with E-state index in [2.05, 4.69) is 169 Å². The molecule has 0 fully saturated rings. The minimum atomic E-state index is 0.898. The van der Waals surface area contributed by atoms with E-state index in [1.165, 1.54) is 11.1 Å². The molecule has 0 bridgehead atoms. The van der Waals surface area contributed by atoms with Gasteiger partial charge in [0.15, 0.2) is 0 Å². The molecule has 0 spiro atoms. The fourth-order valence-electron chi connectivity index (χ4n) is 7.34. The Labute approximate surface area is 295 Å². The second-order valence-electron chi connectivity index (χ2n) is 13.0. The van der Waals surface area contributed by atoms with Crippen molar-refractivity contribution >= 4 is 60.9 Å². The highest BCUT2D eigenvalue weighted by atomic mass is 16.3. The maximum Gasteiger partial charge on any atom is 0.135 e. The number of nitrogens with zero attached hydrogens (tertiary/aromatic N) is 1. The monoisotopic (exact) mass is 653 g/mol. The molecule has 3 nitrogen and oxygen atoms in total. The third-order valence-corrected chi connectivity index (χ3v) is 9.86. The van der Waals surface area contributed by atoms with E-state index in [1.54, 1.807) is 0 Å². The van der Waals surface area contributed by atoms with Crippen LogP contribution in [0.15, 0.2) is 197 Å². The number of rotatable bonds is 6. The van der Waals surface area contributed by atoms with Crippen LogP contribution in [-0.4, -0.2) is 0 Å². The first kappa shape index (κ1) is 29.1. The lowest BCUT2D eigenvalue weighted by Crippen LogP contribution is -2.10. The molecule has 8 aromatic carbocycles. The predicted octanol–water partition coefficient (Wildman–Crippen LogP) is 14.0. The maximum absolute atomic E-state index is 6.14. The Hall–Kier alpha value is -6.84. The summed E-state index contributed by atoms with van der Waals surface area (Å²) < 4.78 is 12.3. The van der Waals surface area contributed by atoms with Gasteiger partial charge >= 0.3 is 0 Å². The van der Waals surface area contributed by atoms with Gasteiger partial charge in [-0.25, -0.2) is 0 Å². The lowest BCUT2D eigenvalue weighted by molar-refractivity contribution is 0.668. The molecule has 0 unspecified atom stereocenters. The summed E-state index contributed by atoms with van der Waals surface area (Å²) in [7, 11) is 0. The van der Waals surface area contributed by atoms with E-state index in [0.29, 0.717) is 0 Å². The van der Waals surface area contributed by atoms with Crippen molar-refractivity contribution in [1.82, 2.24) is 0 Å². The average Bonchev–Trinajstić information content (AvgIpc) is 3.77. The van der Waals surface area contributed by atoms with E-state index < -0.39 is 0 Å². The van der Waals surface area contributed by atoms with Crippen LogP contribution in [0.5, 0.6) is 0 Å². The van der Waals surface area contributed by atoms with Crippen molar-refractivity contribution < 1.29 is 8.83 Å². The molecule has 0 aliphatic heterocycles. The summed E-state index contributed by atoms with van der Waals surface area (Å²) >= 11 is 0. The number of benzene rings is 8. The van der Waals surface area contributed by atoms with Gasteiger partial charge in [-0.05, 0) is 106 Å². The second kappa shape index (κ2) is 11.9. The van der Waals surface area contributed by atoms with E-state index >= 15 is 0 Å². The summed E-state index contributed by atoms with van der Waals surface area (Å²) in [6, 6.07) is 66.4. The normalized spacial score (nSPS) is 11.5. The Morgan fingerprint density at radius 2 is 0.667 bits per heavy atom. The fourth-order valence-corrected chi connectivity index (χ4v) is 7.34. The Bertz CT molecular complexity index is 2700. The Balaban J connectivity index is 1.10. The highest BCUT2D eigenvalue weighted by Gasteiger charge is 2.16. The molecule has 0 saturated carbocycles. The zero-order chi connectivity index (χ0) is 33.7. The third kappa shape index (κ3) is 5.15. The first-order valence-electron chi connectivity index (χ1n) is 17.2. The number of hydrogen-bond donors (Lipinski definition) is 0. The molecule has 0 amide bonds. The van der Waals surface area contributed by atoms with Crippen molar-refractivity contribution in [2.24, 2.45) is 0 Å². The maximum atomic E-state index is 6.14. The smallest absolute Gasteiger partial charge is 0.135 e. The summed E-state index contributed by atoms with van der Waals surface area (Å²) in [5.41, 5.74) is 13.8. The summed E-state index contributed by atoms with van der Waals surface area (Å²) in [6.45, 7) is 0. The van der Waals surface area contributed by atoms with Crippen LogP contribution in [0.25, 0.3) is 77.3 Å². The summed E-state index contributed by atoms with van der Waals surface area (Å²) in [5, 5.41) is 4.50. The first-order chi connectivity index (χ1) is 25.2. The van der Waals surface area contributed by atoms with Crippen molar-refractivity contribution in [2.45, 2.75) is 0 Å². The molecule has 0 radical (unpaired) electrons.